The van der Waals surface area contributed by atoms with Crippen molar-refractivity contribution < 1.29 is 4.79 Å². The van der Waals surface area contributed by atoms with E-state index < -0.39 is 0 Å². The summed E-state index contributed by atoms with van der Waals surface area (Å²) in [7, 11) is 1.82. The molecule has 0 aliphatic rings. The van der Waals surface area contributed by atoms with E-state index in [2.05, 4.69) is 10.1 Å². The van der Waals surface area contributed by atoms with E-state index in [0.29, 0.717) is 0 Å². The third-order valence-corrected chi connectivity index (χ3v) is 4.76. The summed E-state index contributed by atoms with van der Waals surface area (Å²) in [4.78, 5) is 19.1. The molecular weight excluding hydrogens is 320 g/mol. The van der Waals surface area contributed by atoms with Crippen LogP contribution in [0.5, 0.6) is 0 Å². The molecule has 5 nitrogen and oxygen atoms in total. The van der Waals surface area contributed by atoms with Crippen LogP contribution in [0.3, 0.4) is 0 Å². The van der Waals surface area contributed by atoms with Crippen LogP contribution in [-0.4, -0.2) is 32.6 Å². The van der Waals surface area contributed by atoms with E-state index in [1.54, 1.807) is 33.3 Å². The van der Waals surface area contributed by atoms with Gasteiger partial charge in [0.05, 0.1) is 11.7 Å². The van der Waals surface area contributed by atoms with Crippen molar-refractivity contribution in [2.45, 2.75) is 13.0 Å². The minimum atomic E-state index is -0.0183. The largest absolute Gasteiger partial charge is 0.335 e. The summed E-state index contributed by atoms with van der Waals surface area (Å²) in [5.41, 5.74) is 2.01. The molecule has 0 aliphatic carbocycles. The normalized spacial score (nSPS) is 12.4. The van der Waals surface area contributed by atoms with Crippen LogP contribution in [0.2, 0.25) is 0 Å². The Bertz CT molecular complexity index is 807. The van der Waals surface area contributed by atoms with Gasteiger partial charge in [-0.3, -0.25) is 4.79 Å². The highest BCUT2D eigenvalue weighted by Gasteiger charge is 2.15. The smallest absolute Gasteiger partial charge is 0.246 e. The first-order valence-corrected chi connectivity index (χ1v) is 8.46. The lowest BCUT2D eigenvalue weighted by Crippen LogP contribution is -2.27. The lowest BCUT2D eigenvalue weighted by Gasteiger charge is -2.24. The first kappa shape index (κ1) is 16.1. The van der Waals surface area contributed by atoms with Crippen LogP contribution >= 0.6 is 11.3 Å². The van der Waals surface area contributed by atoms with Gasteiger partial charge in [0.15, 0.2) is 0 Å². The number of hydrogen-bond acceptors (Lipinski definition) is 4. The second-order valence-electron chi connectivity index (χ2n) is 5.41. The van der Waals surface area contributed by atoms with E-state index in [-0.39, 0.29) is 11.9 Å². The summed E-state index contributed by atoms with van der Waals surface area (Å²) in [6.45, 7) is 2.02. The van der Waals surface area contributed by atoms with Crippen molar-refractivity contribution in [3.63, 3.8) is 0 Å². The van der Waals surface area contributed by atoms with Gasteiger partial charge in [-0.15, -0.1) is 11.3 Å². The highest BCUT2D eigenvalue weighted by molar-refractivity contribution is 7.10. The Balaban J connectivity index is 1.68. The van der Waals surface area contributed by atoms with Crippen LogP contribution in [0.1, 0.15) is 23.4 Å². The molecule has 0 spiro atoms. The molecule has 1 aromatic carbocycles. The summed E-state index contributed by atoms with van der Waals surface area (Å²) in [6, 6.07) is 11.9. The summed E-state index contributed by atoms with van der Waals surface area (Å²) in [6.07, 6.45) is 6.63. The third-order valence-electron chi connectivity index (χ3n) is 3.92. The molecule has 2 aromatic heterocycles. The summed E-state index contributed by atoms with van der Waals surface area (Å²) < 4.78 is 1.70. The van der Waals surface area contributed by atoms with Crippen LogP contribution in [0, 0.1) is 0 Å². The fraction of sp³-hybridized carbons (Fsp3) is 0.167. The maximum atomic E-state index is 12.3. The minimum absolute atomic E-state index is 0.0174. The Labute approximate surface area is 144 Å². The number of likely N-dealkylation sites (N-methyl/N-ethyl adjacent to an activating group) is 1. The first-order valence-electron chi connectivity index (χ1n) is 7.58. The van der Waals surface area contributed by atoms with Crippen LogP contribution < -0.4 is 0 Å². The van der Waals surface area contributed by atoms with Crippen molar-refractivity contribution in [3.8, 4) is 5.69 Å². The highest BCUT2D eigenvalue weighted by Crippen LogP contribution is 2.21. The molecule has 2 heterocycles. The molecule has 0 saturated heterocycles. The number of carbonyl (C=O) groups excluding carboxylic acids is 1. The van der Waals surface area contributed by atoms with Crippen molar-refractivity contribution in [2.24, 2.45) is 0 Å². The molecule has 0 N–H and O–H groups in total. The van der Waals surface area contributed by atoms with Gasteiger partial charge < -0.3 is 4.90 Å². The monoisotopic (exact) mass is 338 g/mol. The molecule has 3 rings (SSSR count). The Hall–Kier alpha value is -2.73. The zero-order valence-electron chi connectivity index (χ0n) is 13.5. The van der Waals surface area contributed by atoms with Gasteiger partial charge in [-0.25, -0.2) is 9.67 Å². The molecule has 0 fully saturated rings. The van der Waals surface area contributed by atoms with Crippen molar-refractivity contribution in [2.75, 3.05) is 7.05 Å². The molecule has 1 atom stereocenters. The predicted octanol–water partition coefficient (Wildman–Crippen LogP) is 3.56. The Morgan fingerprint density at radius 2 is 2.08 bits per heavy atom. The predicted molar refractivity (Wildman–Crippen MR) is 95.9 cm³/mol. The quantitative estimate of drug-likeness (QED) is 0.668. The van der Waals surface area contributed by atoms with Gasteiger partial charge in [-0.1, -0.05) is 18.2 Å². The van der Waals surface area contributed by atoms with E-state index in [1.807, 2.05) is 61.8 Å². The van der Waals surface area contributed by atoms with Crippen LogP contribution in [-0.2, 0) is 4.79 Å². The number of nitrogens with zero attached hydrogens (tertiary/aromatic N) is 4. The molecule has 24 heavy (non-hydrogen) atoms. The van der Waals surface area contributed by atoms with Crippen LogP contribution in [0.4, 0.5) is 0 Å². The van der Waals surface area contributed by atoms with Crippen molar-refractivity contribution in [3.05, 3.63) is 70.9 Å². The summed E-state index contributed by atoms with van der Waals surface area (Å²) in [5.74, 6) is -0.0174. The molecule has 0 bridgehead atoms. The lowest BCUT2D eigenvalue weighted by atomic mass is 10.1. The molecule has 0 saturated carbocycles. The van der Waals surface area contributed by atoms with Crippen molar-refractivity contribution in [1.82, 2.24) is 19.7 Å². The zero-order valence-corrected chi connectivity index (χ0v) is 14.4. The van der Waals surface area contributed by atoms with E-state index in [9.17, 15) is 4.79 Å². The average molecular weight is 338 g/mol. The summed E-state index contributed by atoms with van der Waals surface area (Å²) >= 11 is 1.61. The van der Waals surface area contributed by atoms with Gasteiger partial charge in [0.25, 0.3) is 0 Å². The van der Waals surface area contributed by atoms with Crippen molar-refractivity contribution >= 4 is 23.3 Å². The van der Waals surface area contributed by atoms with Crippen LogP contribution in [0.25, 0.3) is 11.8 Å². The summed E-state index contributed by atoms with van der Waals surface area (Å²) in [5, 5.41) is 6.10. The van der Waals surface area contributed by atoms with Gasteiger partial charge >= 0.3 is 0 Å². The Kier molecular flexibility index (Phi) is 4.86. The highest BCUT2D eigenvalue weighted by atomic mass is 32.1. The van der Waals surface area contributed by atoms with Gasteiger partial charge in [0.1, 0.15) is 12.7 Å². The van der Waals surface area contributed by atoms with Gasteiger partial charge in [0, 0.05) is 18.0 Å². The Morgan fingerprint density at radius 3 is 2.71 bits per heavy atom. The Morgan fingerprint density at radius 1 is 1.29 bits per heavy atom. The van der Waals surface area contributed by atoms with E-state index in [1.165, 1.54) is 6.33 Å². The number of aromatic nitrogens is 3. The number of benzene rings is 1. The number of rotatable bonds is 5. The number of amides is 1. The zero-order chi connectivity index (χ0) is 16.9. The molecule has 0 radical (unpaired) electrons. The molecule has 122 valence electrons. The van der Waals surface area contributed by atoms with E-state index in [4.69, 9.17) is 0 Å². The molecule has 6 heteroatoms. The topological polar surface area (TPSA) is 51.0 Å². The van der Waals surface area contributed by atoms with Gasteiger partial charge in [-0.2, -0.15) is 5.10 Å². The SMILES string of the molecule is C[C@H](c1ccc(-n2cncn2)cc1)N(C)C(=O)/C=C/c1cccs1. The van der Waals surface area contributed by atoms with E-state index >= 15 is 0 Å². The average Bonchev–Trinajstić information content (AvgIpc) is 3.32. The molecule has 3 aromatic rings. The molecule has 0 unspecified atom stereocenters. The standard InChI is InChI=1S/C18H18N4OS/c1-14(21(2)18(23)10-9-17-4-3-11-24-17)15-5-7-16(8-6-15)22-13-19-12-20-22/h3-14H,1-2H3/b10-9+/t14-/m1/s1. The van der Waals surface area contributed by atoms with Crippen molar-refractivity contribution in [1.29, 1.82) is 0 Å². The van der Waals surface area contributed by atoms with Crippen LogP contribution in [0.15, 0.2) is 60.5 Å². The lowest BCUT2D eigenvalue weighted by molar-refractivity contribution is -0.126. The second-order valence-corrected chi connectivity index (χ2v) is 6.38. The maximum Gasteiger partial charge on any atom is 0.246 e. The fourth-order valence-corrected chi connectivity index (χ4v) is 2.94. The van der Waals surface area contributed by atoms with Gasteiger partial charge in [-0.05, 0) is 42.1 Å². The molecule has 1 amide bonds. The first-order chi connectivity index (χ1) is 11.6. The number of hydrogen-bond donors (Lipinski definition) is 0. The maximum absolute atomic E-state index is 12.3. The second kappa shape index (κ2) is 7.23. The van der Waals surface area contributed by atoms with E-state index in [0.717, 1.165) is 16.1 Å². The van der Waals surface area contributed by atoms with Gasteiger partial charge in [0.2, 0.25) is 5.91 Å². The molecular formula is C18H18N4OS. The minimum Gasteiger partial charge on any atom is -0.335 e. The third kappa shape index (κ3) is 3.60. The number of carbonyl (C=O) groups is 1. The fourth-order valence-electron chi connectivity index (χ4n) is 2.32. The molecule has 0 aliphatic heterocycles. The number of thiophene rings is 1.